The molecule has 0 atom stereocenters. The number of carbonyl (C=O) groups is 2. The molecule has 2 rings (SSSR count). The molecule has 0 unspecified atom stereocenters. The van der Waals surface area contributed by atoms with Crippen molar-refractivity contribution < 1.29 is 23.5 Å². The number of carbonyl (C=O) groups excluding carboxylic acids is 2. The van der Waals surface area contributed by atoms with E-state index < -0.39 is 5.82 Å². The van der Waals surface area contributed by atoms with E-state index in [1.807, 2.05) is 0 Å². The van der Waals surface area contributed by atoms with Crippen LogP contribution >= 0.6 is 0 Å². The average molecular weight is 367 g/mol. The highest BCUT2D eigenvalue weighted by Crippen LogP contribution is 2.22. The van der Waals surface area contributed by atoms with Crippen LogP contribution in [0.15, 0.2) is 18.2 Å². The Labute approximate surface area is 152 Å². The zero-order valence-corrected chi connectivity index (χ0v) is 15.1. The number of halogens is 1. The quantitative estimate of drug-likeness (QED) is 0.723. The minimum absolute atomic E-state index is 0.0248. The van der Waals surface area contributed by atoms with Crippen LogP contribution in [0.25, 0.3) is 0 Å². The van der Waals surface area contributed by atoms with E-state index in [1.165, 1.54) is 25.3 Å². The maximum Gasteiger partial charge on any atom is 0.257 e. The molecule has 0 spiro atoms. The first-order valence-electron chi connectivity index (χ1n) is 8.75. The Balaban J connectivity index is 2.08. The molecule has 0 aliphatic carbocycles. The highest BCUT2D eigenvalue weighted by atomic mass is 19.1. The molecule has 1 aromatic rings. The number of benzene rings is 1. The summed E-state index contributed by atoms with van der Waals surface area (Å²) in [6.45, 7) is 2.73. The average Bonchev–Trinajstić information content (AvgIpc) is 2.89. The summed E-state index contributed by atoms with van der Waals surface area (Å²) in [4.78, 5) is 28.2. The van der Waals surface area contributed by atoms with Crippen LogP contribution in [0.3, 0.4) is 0 Å². The largest absolute Gasteiger partial charge is 0.493 e. The molecule has 8 heteroatoms. The van der Waals surface area contributed by atoms with Crippen LogP contribution in [-0.4, -0.2) is 74.7 Å². The predicted molar refractivity (Wildman–Crippen MR) is 94.5 cm³/mol. The van der Waals surface area contributed by atoms with Crippen LogP contribution < -0.4 is 10.5 Å². The third-order valence-electron chi connectivity index (χ3n) is 4.18. The minimum Gasteiger partial charge on any atom is -0.493 e. The van der Waals surface area contributed by atoms with Gasteiger partial charge < -0.3 is 25.0 Å². The van der Waals surface area contributed by atoms with Gasteiger partial charge in [0.2, 0.25) is 5.91 Å². The van der Waals surface area contributed by atoms with Crippen molar-refractivity contribution in [3.8, 4) is 5.75 Å². The van der Waals surface area contributed by atoms with Gasteiger partial charge in [0.15, 0.2) is 0 Å². The van der Waals surface area contributed by atoms with Crippen molar-refractivity contribution >= 4 is 11.8 Å². The smallest absolute Gasteiger partial charge is 0.257 e. The van der Waals surface area contributed by atoms with Gasteiger partial charge in [-0.2, -0.15) is 0 Å². The third-order valence-corrected chi connectivity index (χ3v) is 4.18. The molecule has 1 heterocycles. The van der Waals surface area contributed by atoms with Crippen LogP contribution in [0.2, 0.25) is 0 Å². The lowest BCUT2D eigenvalue weighted by atomic mass is 10.1. The lowest BCUT2D eigenvalue weighted by Gasteiger charge is -2.23. The van der Waals surface area contributed by atoms with Crippen molar-refractivity contribution in [3.05, 3.63) is 29.6 Å². The Morgan fingerprint density at radius 2 is 1.92 bits per heavy atom. The maximum absolute atomic E-state index is 13.7. The van der Waals surface area contributed by atoms with Gasteiger partial charge in [0.1, 0.15) is 18.2 Å². The zero-order valence-electron chi connectivity index (χ0n) is 15.1. The molecule has 1 aromatic carbocycles. The van der Waals surface area contributed by atoms with Gasteiger partial charge in [-0.25, -0.2) is 4.39 Å². The van der Waals surface area contributed by atoms with Crippen molar-refractivity contribution in [2.75, 3.05) is 53.0 Å². The van der Waals surface area contributed by atoms with Gasteiger partial charge in [-0.15, -0.1) is 0 Å². The maximum atomic E-state index is 13.7. The molecule has 7 nitrogen and oxygen atoms in total. The first-order chi connectivity index (χ1) is 12.6. The van der Waals surface area contributed by atoms with Crippen molar-refractivity contribution in [1.29, 1.82) is 0 Å². The van der Waals surface area contributed by atoms with E-state index in [1.54, 1.807) is 9.80 Å². The molecule has 26 heavy (non-hydrogen) atoms. The lowest BCUT2D eigenvalue weighted by Crippen LogP contribution is -2.38. The molecular weight excluding hydrogens is 341 g/mol. The topological polar surface area (TPSA) is 85.1 Å². The van der Waals surface area contributed by atoms with E-state index >= 15 is 0 Å². The SMILES string of the molecule is COCC(=O)N1CCCN(C(=O)c2cc(F)ccc2OCCCN)CC1. The number of rotatable bonds is 7. The van der Waals surface area contributed by atoms with Crippen molar-refractivity contribution in [3.63, 3.8) is 0 Å². The normalized spacial score (nSPS) is 14.9. The fourth-order valence-electron chi connectivity index (χ4n) is 2.82. The molecule has 2 N–H and O–H groups in total. The summed E-state index contributed by atoms with van der Waals surface area (Å²) < 4.78 is 24.2. The number of nitrogens with zero attached hydrogens (tertiary/aromatic N) is 2. The number of ether oxygens (including phenoxy) is 2. The summed E-state index contributed by atoms with van der Waals surface area (Å²) in [5, 5.41) is 0. The van der Waals surface area contributed by atoms with Crippen molar-refractivity contribution in [1.82, 2.24) is 9.80 Å². The zero-order chi connectivity index (χ0) is 18.9. The Bertz CT molecular complexity index is 626. The van der Waals surface area contributed by atoms with E-state index in [4.69, 9.17) is 15.2 Å². The number of nitrogens with two attached hydrogens (primary N) is 1. The first-order valence-corrected chi connectivity index (χ1v) is 8.75. The molecule has 0 aromatic heterocycles. The Morgan fingerprint density at radius 1 is 1.19 bits per heavy atom. The standard InChI is InChI=1S/C18H26FN3O4/c1-25-13-17(23)21-7-3-8-22(10-9-21)18(24)15-12-14(19)4-5-16(15)26-11-2-6-20/h4-5,12H,2-3,6-11,13,20H2,1H3. The van der Waals surface area contributed by atoms with E-state index in [0.717, 1.165) is 0 Å². The first kappa shape index (κ1) is 20.1. The summed E-state index contributed by atoms with van der Waals surface area (Å²) in [5.41, 5.74) is 5.64. The summed E-state index contributed by atoms with van der Waals surface area (Å²) in [7, 11) is 1.47. The molecule has 0 bridgehead atoms. The van der Waals surface area contributed by atoms with Crippen LogP contribution in [-0.2, 0) is 9.53 Å². The van der Waals surface area contributed by atoms with Gasteiger partial charge >= 0.3 is 0 Å². The molecular formula is C18H26FN3O4. The van der Waals surface area contributed by atoms with Gasteiger partial charge in [0, 0.05) is 33.3 Å². The Hall–Kier alpha value is -2.19. The molecule has 2 amide bonds. The van der Waals surface area contributed by atoms with Crippen molar-refractivity contribution in [2.45, 2.75) is 12.8 Å². The Kier molecular flexibility index (Phi) is 7.80. The van der Waals surface area contributed by atoms with Crippen LogP contribution in [0.4, 0.5) is 4.39 Å². The third kappa shape index (κ3) is 5.40. The minimum atomic E-state index is -0.494. The molecule has 1 saturated heterocycles. The number of hydrogen-bond acceptors (Lipinski definition) is 5. The summed E-state index contributed by atoms with van der Waals surface area (Å²) in [6, 6.07) is 3.92. The van der Waals surface area contributed by atoms with Gasteiger partial charge in [-0.3, -0.25) is 9.59 Å². The Morgan fingerprint density at radius 3 is 2.65 bits per heavy atom. The highest BCUT2D eigenvalue weighted by molar-refractivity contribution is 5.97. The molecule has 0 saturated carbocycles. The monoisotopic (exact) mass is 367 g/mol. The van der Waals surface area contributed by atoms with E-state index in [0.29, 0.717) is 57.9 Å². The molecule has 144 valence electrons. The van der Waals surface area contributed by atoms with Crippen LogP contribution in [0, 0.1) is 5.82 Å². The van der Waals surface area contributed by atoms with Gasteiger partial charge in [-0.1, -0.05) is 0 Å². The fraction of sp³-hybridized carbons (Fsp3) is 0.556. The number of methoxy groups -OCH3 is 1. The van der Waals surface area contributed by atoms with E-state index in [2.05, 4.69) is 0 Å². The van der Waals surface area contributed by atoms with E-state index in [-0.39, 0.29) is 24.0 Å². The fourth-order valence-corrected chi connectivity index (χ4v) is 2.82. The second kappa shape index (κ2) is 10.1. The van der Waals surface area contributed by atoms with Gasteiger partial charge in [0.25, 0.3) is 5.91 Å². The molecule has 1 aliphatic rings. The van der Waals surface area contributed by atoms with Crippen LogP contribution in [0.1, 0.15) is 23.2 Å². The van der Waals surface area contributed by atoms with Gasteiger partial charge in [-0.05, 0) is 37.6 Å². The lowest BCUT2D eigenvalue weighted by molar-refractivity contribution is -0.135. The van der Waals surface area contributed by atoms with Gasteiger partial charge in [0.05, 0.1) is 12.2 Å². The van der Waals surface area contributed by atoms with Crippen LogP contribution in [0.5, 0.6) is 5.75 Å². The molecule has 1 fully saturated rings. The molecule has 0 radical (unpaired) electrons. The summed E-state index contributed by atoms with van der Waals surface area (Å²) in [5.74, 6) is -0.542. The van der Waals surface area contributed by atoms with Crippen molar-refractivity contribution in [2.24, 2.45) is 5.73 Å². The second-order valence-corrected chi connectivity index (χ2v) is 6.09. The number of hydrogen-bond donors (Lipinski definition) is 1. The summed E-state index contributed by atoms with van der Waals surface area (Å²) in [6.07, 6.45) is 1.30. The predicted octanol–water partition coefficient (Wildman–Crippen LogP) is 0.874. The number of amides is 2. The summed E-state index contributed by atoms with van der Waals surface area (Å²) >= 11 is 0. The highest BCUT2D eigenvalue weighted by Gasteiger charge is 2.25. The second-order valence-electron chi connectivity index (χ2n) is 6.09. The van der Waals surface area contributed by atoms with E-state index in [9.17, 15) is 14.0 Å². The molecule has 1 aliphatic heterocycles.